The summed E-state index contributed by atoms with van der Waals surface area (Å²) in [5, 5.41) is 18.6. The summed E-state index contributed by atoms with van der Waals surface area (Å²) >= 11 is 0. The number of carbonyl (C=O) groups is 1. The molecule has 0 saturated heterocycles. The second kappa shape index (κ2) is 11.4. The lowest BCUT2D eigenvalue weighted by Gasteiger charge is -2.13. The van der Waals surface area contributed by atoms with Gasteiger partial charge in [-0.05, 0) is 48.9 Å². The molecule has 0 saturated carbocycles. The van der Waals surface area contributed by atoms with E-state index in [0.29, 0.717) is 28.9 Å². The highest BCUT2D eigenvalue weighted by atomic mass is 32.2. The first-order valence-corrected chi connectivity index (χ1v) is 12.5. The first kappa shape index (κ1) is 24.9. The summed E-state index contributed by atoms with van der Waals surface area (Å²) in [6, 6.07) is 14.5. The number of ether oxygens (including phenoxy) is 1. The fraction of sp³-hybridized carbons (Fsp3) is 0.261. The average Bonchev–Trinajstić information content (AvgIpc) is 2.83. The van der Waals surface area contributed by atoms with Crippen LogP contribution >= 0.6 is 0 Å². The predicted molar refractivity (Wildman–Crippen MR) is 134 cm³/mol. The lowest BCUT2D eigenvalue weighted by molar-refractivity contribution is 0.164. The van der Waals surface area contributed by atoms with Crippen molar-refractivity contribution >= 4 is 39.0 Å². The Hall–Kier alpha value is -3.70. The third kappa shape index (κ3) is 6.42. The first-order chi connectivity index (χ1) is 16.4. The molecule has 1 heterocycles. The van der Waals surface area contributed by atoms with Gasteiger partial charge in [-0.1, -0.05) is 12.1 Å². The van der Waals surface area contributed by atoms with Crippen LogP contribution < -0.4 is 16.0 Å². The summed E-state index contributed by atoms with van der Waals surface area (Å²) in [5.41, 5.74) is 3.37. The monoisotopic (exact) mass is 484 g/mol. The number of nitrogens with one attached hydrogen (secondary N) is 3. The van der Waals surface area contributed by atoms with Gasteiger partial charge in [0.25, 0.3) is 0 Å². The lowest BCUT2D eigenvalue weighted by atomic mass is 10.1. The minimum absolute atomic E-state index is 0.0422. The molecule has 0 aliphatic rings. The fourth-order valence-electron chi connectivity index (χ4n) is 3.04. The van der Waals surface area contributed by atoms with Gasteiger partial charge in [0.05, 0.1) is 22.9 Å². The number of benzene rings is 2. The second-order valence-electron chi connectivity index (χ2n) is 7.18. The maximum Gasteiger partial charge on any atom is 0.442 e. The Labute approximate surface area is 199 Å². The number of carbonyl (C=O) groups excluding carboxylic acids is 1. The van der Waals surface area contributed by atoms with Crippen molar-refractivity contribution in [3.63, 3.8) is 0 Å². The molecular weight excluding hydrogens is 456 g/mol. The van der Waals surface area contributed by atoms with Gasteiger partial charge in [-0.15, -0.1) is 4.36 Å². The zero-order valence-electron chi connectivity index (χ0n) is 19.2. The van der Waals surface area contributed by atoms with E-state index >= 15 is 0 Å². The lowest BCUT2D eigenvalue weighted by Crippen LogP contribution is -2.10. The molecule has 10 nitrogen and oxygen atoms in total. The number of rotatable bonds is 9. The quantitative estimate of drug-likeness (QED) is 0.356. The van der Waals surface area contributed by atoms with Crippen LogP contribution in [0, 0.1) is 0 Å². The standard InChI is InChI=1S/C23H28N6O4S/c1-4-33-23(31)29-34(3,32)19-11-9-18(10-12-19)27-22-26-15-20(21(28-22)25-13-14-30)16-5-7-17(24-2)8-6-16/h5-12,15,24,30H,4,13-14H2,1-3H3,(H2,25,26,27,28). The number of amides is 1. The van der Waals surface area contributed by atoms with E-state index in [9.17, 15) is 14.1 Å². The highest BCUT2D eigenvalue weighted by molar-refractivity contribution is 7.93. The Balaban J connectivity index is 1.83. The zero-order valence-corrected chi connectivity index (χ0v) is 20.1. The molecule has 180 valence electrons. The molecule has 0 fully saturated rings. The van der Waals surface area contributed by atoms with Crippen LogP contribution in [0.15, 0.2) is 64.0 Å². The molecule has 3 aromatic rings. The van der Waals surface area contributed by atoms with E-state index in [2.05, 4.69) is 30.3 Å². The topological polar surface area (TPSA) is 138 Å². The molecule has 4 N–H and O–H groups in total. The Morgan fingerprint density at radius 3 is 2.41 bits per heavy atom. The van der Waals surface area contributed by atoms with Crippen LogP contribution in [-0.2, 0) is 14.5 Å². The third-order valence-corrected chi connectivity index (χ3v) is 6.39. The number of aliphatic hydroxyl groups is 1. The number of aliphatic hydroxyl groups excluding tert-OH is 1. The molecular formula is C23H28N6O4S. The molecule has 0 bridgehead atoms. The van der Waals surface area contributed by atoms with E-state index in [0.717, 1.165) is 16.8 Å². The van der Waals surface area contributed by atoms with Gasteiger partial charge < -0.3 is 25.8 Å². The van der Waals surface area contributed by atoms with Crippen molar-refractivity contribution in [3.8, 4) is 11.1 Å². The molecule has 1 atom stereocenters. The molecule has 0 spiro atoms. The highest BCUT2D eigenvalue weighted by Gasteiger charge is 2.12. The average molecular weight is 485 g/mol. The number of anilines is 4. The molecule has 34 heavy (non-hydrogen) atoms. The number of aromatic nitrogens is 2. The maximum absolute atomic E-state index is 12.8. The van der Waals surface area contributed by atoms with Crippen LogP contribution in [0.2, 0.25) is 0 Å². The number of hydrogen-bond donors (Lipinski definition) is 4. The molecule has 0 radical (unpaired) electrons. The molecule has 11 heteroatoms. The highest BCUT2D eigenvalue weighted by Crippen LogP contribution is 2.28. The van der Waals surface area contributed by atoms with Crippen molar-refractivity contribution in [1.29, 1.82) is 0 Å². The summed E-state index contributed by atoms with van der Waals surface area (Å²) < 4.78 is 21.2. The zero-order chi connectivity index (χ0) is 24.6. The summed E-state index contributed by atoms with van der Waals surface area (Å²) in [5.74, 6) is 0.919. The van der Waals surface area contributed by atoms with E-state index in [1.54, 1.807) is 37.4 Å². The van der Waals surface area contributed by atoms with Crippen molar-refractivity contribution in [2.45, 2.75) is 11.8 Å². The predicted octanol–water partition coefficient (Wildman–Crippen LogP) is 3.95. The van der Waals surface area contributed by atoms with Crippen molar-refractivity contribution in [2.75, 3.05) is 49.0 Å². The summed E-state index contributed by atoms with van der Waals surface area (Å²) in [6.07, 6.45) is 2.24. The van der Waals surface area contributed by atoms with E-state index in [-0.39, 0.29) is 13.2 Å². The molecule has 2 aromatic carbocycles. The largest absolute Gasteiger partial charge is 0.448 e. The second-order valence-corrected chi connectivity index (χ2v) is 9.43. The normalized spacial score (nSPS) is 12.4. The molecule has 1 aromatic heterocycles. The van der Waals surface area contributed by atoms with Gasteiger partial charge in [0.1, 0.15) is 5.82 Å². The van der Waals surface area contributed by atoms with Crippen molar-refractivity contribution in [2.24, 2.45) is 4.36 Å². The van der Waals surface area contributed by atoms with Gasteiger partial charge in [0.2, 0.25) is 5.95 Å². The summed E-state index contributed by atoms with van der Waals surface area (Å²) in [7, 11) is -1.07. The van der Waals surface area contributed by atoms with Gasteiger partial charge >= 0.3 is 6.09 Å². The Morgan fingerprint density at radius 1 is 1.12 bits per heavy atom. The van der Waals surface area contributed by atoms with E-state index in [1.165, 1.54) is 6.26 Å². The maximum atomic E-state index is 12.8. The van der Waals surface area contributed by atoms with Crippen LogP contribution in [0.3, 0.4) is 0 Å². The minimum Gasteiger partial charge on any atom is -0.448 e. The molecule has 0 aliphatic heterocycles. The Kier molecular flexibility index (Phi) is 8.39. The summed E-state index contributed by atoms with van der Waals surface area (Å²) in [4.78, 5) is 21.0. The van der Waals surface area contributed by atoms with Crippen molar-refractivity contribution < 1.29 is 18.8 Å². The van der Waals surface area contributed by atoms with Gasteiger partial charge in [-0.25, -0.2) is 14.0 Å². The van der Waals surface area contributed by atoms with Crippen LogP contribution in [-0.4, -0.2) is 58.4 Å². The molecule has 0 aliphatic carbocycles. The van der Waals surface area contributed by atoms with E-state index in [1.807, 2.05) is 31.3 Å². The third-order valence-electron chi connectivity index (χ3n) is 4.74. The first-order valence-electron chi connectivity index (χ1n) is 10.6. The minimum atomic E-state index is -2.93. The van der Waals surface area contributed by atoms with Crippen LogP contribution in [0.25, 0.3) is 11.1 Å². The molecule has 1 unspecified atom stereocenters. The Bertz CT molecular complexity index is 1240. The van der Waals surface area contributed by atoms with Gasteiger partial charge in [-0.3, -0.25) is 0 Å². The van der Waals surface area contributed by atoms with Crippen LogP contribution in [0.5, 0.6) is 0 Å². The van der Waals surface area contributed by atoms with E-state index < -0.39 is 15.8 Å². The smallest absolute Gasteiger partial charge is 0.442 e. The Morgan fingerprint density at radius 2 is 1.79 bits per heavy atom. The van der Waals surface area contributed by atoms with Gasteiger partial charge in [0.15, 0.2) is 0 Å². The SMILES string of the molecule is CCOC(=O)N=S(C)(=O)c1ccc(Nc2ncc(-c3ccc(NC)cc3)c(NCCO)n2)cc1. The summed E-state index contributed by atoms with van der Waals surface area (Å²) in [6.45, 7) is 2.11. The van der Waals surface area contributed by atoms with Crippen LogP contribution in [0.1, 0.15) is 6.92 Å². The van der Waals surface area contributed by atoms with E-state index in [4.69, 9.17) is 4.74 Å². The van der Waals surface area contributed by atoms with Crippen molar-refractivity contribution in [3.05, 3.63) is 54.7 Å². The van der Waals surface area contributed by atoms with Gasteiger partial charge in [0, 0.05) is 47.9 Å². The van der Waals surface area contributed by atoms with Crippen LogP contribution in [0.4, 0.5) is 27.9 Å². The van der Waals surface area contributed by atoms with Crippen molar-refractivity contribution in [1.82, 2.24) is 9.97 Å². The molecule has 3 rings (SSSR count). The molecule has 1 amide bonds. The number of hydrogen-bond acceptors (Lipinski definition) is 9. The van der Waals surface area contributed by atoms with Gasteiger partial charge in [-0.2, -0.15) is 4.98 Å². The number of nitrogens with zero attached hydrogens (tertiary/aromatic N) is 3. The fourth-order valence-corrected chi connectivity index (χ4v) is 4.13.